The fourth-order valence-corrected chi connectivity index (χ4v) is 2.98. The Balaban J connectivity index is 2.33. The van der Waals surface area contributed by atoms with Crippen molar-refractivity contribution in [3.8, 4) is 5.75 Å². The molecule has 1 fully saturated rings. The number of rotatable bonds is 6. The average molecular weight is 294 g/mol. The van der Waals surface area contributed by atoms with Crippen LogP contribution in [0.3, 0.4) is 0 Å². The predicted molar refractivity (Wildman–Crippen MR) is 81.0 cm³/mol. The lowest BCUT2D eigenvalue weighted by atomic mass is 9.93. The summed E-state index contributed by atoms with van der Waals surface area (Å²) in [6, 6.07) is 5.11. The fraction of sp³-hybridized carbons (Fsp3) is 0.600. The van der Waals surface area contributed by atoms with E-state index in [1.165, 1.54) is 32.4 Å². The minimum absolute atomic E-state index is 0.0168. The lowest BCUT2D eigenvalue weighted by molar-refractivity contribution is -0.384. The molecule has 116 valence electrons. The van der Waals surface area contributed by atoms with E-state index in [4.69, 9.17) is 4.74 Å². The quantitative estimate of drug-likeness (QED) is 0.645. The fourth-order valence-electron chi connectivity index (χ4n) is 2.98. The van der Waals surface area contributed by atoms with Crippen molar-refractivity contribution < 1.29 is 14.8 Å². The van der Waals surface area contributed by atoms with Gasteiger partial charge in [-0.05, 0) is 12.8 Å². The summed E-state index contributed by atoms with van der Waals surface area (Å²) in [4.78, 5) is 12.7. The summed E-state index contributed by atoms with van der Waals surface area (Å²) in [5, 5.41) is 20.4. The van der Waals surface area contributed by atoms with Gasteiger partial charge in [0.2, 0.25) is 0 Å². The van der Waals surface area contributed by atoms with E-state index in [2.05, 4.69) is 4.90 Å². The van der Waals surface area contributed by atoms with Crippen LogP contribution >= 0.6 is 0 Å². The Morgan fingerprint density at radius 3 is 2.62 bits per heavy atom. The highest BCUT2D eigenvalue weighted by Crippen LogP contribution is 2.32. The lowest BCUT2D eigenvalue weighted by Crippen LogP contribution is -2.38. The number of nitro groups is 1. The number of non-ortho nitro benzene ring substituents is 1. The molecule has 6 heteroatoms. The third kappa shape index (κ3) is 3.85. The first-order valence-electron chi connectivity index (χ1n) is 7.36. The normalized spacial score (nSPS) is 15.7. The highest BCUT2D eigenvalue weighted by atomic mass is 16.6. The predicted octanol–water partition coefficient (Wildman–Crippen LogP) is 2.73. The van der Waals surface area contributed by atoms with Gasteiger partial charge in [0.15, 0.2) is 0 Å². The van der Waals surface area contributed by atoms with Crippen molar-refractivity contribution in [2.24, 2.45) is 0 Å². The summed E-state index contributed by atoms with van der Waals surface area (Å²) in [6.07, 6.45) is 5.69. The Morgan fingerprint density at radius 2 is 2.05 bits per heavy atom. The molecule has 21 heavy (non-hydrogen) atoms. The molecular weight excluding hydrogens is 272 g/mol. The minimum Gasteiger partial charge on any atom is -0.496 e. The summed E-state index contributed by atoms with van der Waals surface area (Å²) in [5.74, 6) is 0.470. The maximum absolute atomic E-state index is 11.1. The zero-order valence-electron chi connectivity index (χ0n) is 12.3. The average Bonchev–Trinajstić information content (AvgIpc) is 2.52. The van der Waals surface area contributed by atoms with Gasteiger partial charge in [-0.2, -0.15) is 0 Å². The number of hydrogen-bond acceptors (Lipinski definition) is 5. The molecule has 0 heterocycles. The SMILES string of the molecule is COc1cc(N(CCO)C2CCCCC2)cc([N+](=O)[O-])c1. The van der Waals surface area contributed by atoms with Gasteiger partial charge in [-0.3, -0.25) is 10.1 Å². The molecule has 0 unspecified atom stereocenters. The third-order valence-corrected chi connectivity index (χ3v) is 4.01. The van der Waals surface area contributed by atoms with Gasteiger partial charge in [-0.15, -0.1) is 0 Å². The Labute approximate surface area is 124 Å². The van der Waals surface area contributed by atoms with Crippen LogP contribution < -0.4 is 9.64 Å². The van der Waals surface area contributed by atoms with E-state index in [-0.39, 0.29) is 12.3 Å². The first-order valence-corrected chi connectivity index (χ1v) is 7.36. The maximum Gasteiger partial charge on any atom is 0.275 e. The van der Waals surface area contributed by atoms with E-state index in [1.54, 1.807) is 12.1 Å². The van der Waals surface area contributed by atoms with E-state index in [0.717, 1.165) is 18.5 Å². The van der Waals surface area contributed by atoms with Crippen molar-refractivity contribution in [3.63, 3.8) is 0 Å². The van der Waals surface area contributed by atoms with Crippen molar-refractivity contribution in [1.82, 2.24) is 0 Å². The van der Waals surface area contributed by atoms with Gasteiger partial charge in [0, 0.05) is 30.4 Å². The number of aliphatic hydroxyl groups excluding tert-OH is 1. The molecular formula is C15H22N2O4. The molecule has 0 aromatic heterocycles. The number of aliphatic hydroxyl groups is 1. The van der Waals surface area contributed by atoms with Gasteiger partial charge < -0.3 is 14.7 Å². The van der Waals surface area contributed by atoms with Crippen LogP contribution in [0.1, 0.15) is 32.1 Å². The molecule has 1 aromatic carbocycles. The largest absolute Gasteiger partial charge is 0.496 e. The van der Waals surface area contributed by atoms with E-state index >= 15 is 0 Å². The van der Waals surface area contributed by atoms with Gasteiger partial charge in [0.25, 0.3) is 5.69 Å². The molecule has 1 aromatic rings. The molecule has 1 saturated carbocycles. The highest BCUT2D eigenvalue weighted by molar-refractivity contribution is 5.58. The smallest absolute Gasteiger partial charge is 0.275 e. The summed E-state index contributed by atoms with van der Waals surface area (Å²) < 4.78 is 5.17. The van der Waals surface area contributed by atoms with E-state index < -0.39 is 4.92 Å². The second-order valence-electron chi connectivity index (χ2n) is 5.36. The van der Waals surface area contributed by atoms with Crippen molar-refractivity contribution in [2.45, 2.75) is 38.1 Å². The van der Waals surface area contributed by atoms with Crippen molar-refractivity contribution >= 4 is 11.4 Å². The summed E-state index contributed by atoms with van der Waals surface area (Å²) in [5.41, 5.74) is 0.769. The monoisotopic (exact) mass is 294 g/mol. The molecule has 1 aliphatic rings. The number of benzene rings is 1. The first-order chi connectivity index (χ1) is 10.2. The Morgan fingerprint density at radius 1 is 1.33 bits per heavy atom. The Kier molecular flexibility index (Phi) is 5.38. The van der Waals surface area contributed by atoms with Gasteiger partial charge in [0.1, 0.15) is 5.75 Å². The van der Waals surface area contributed by atoms with Gasteiger partial charge in [0.05, 0.1) is 24.7 Å². The van der Waals surface area contributed by atoms with Crippen LogP contribution in [0.2, 0.25) is 0 Å². The highest BCUT2D eigenvalue weighted by Gasteiger charge is 2.23. The number of ether oxygens (including phenoxy) is 1. The summed E-state index contributed by atoms with van der Waals surface area (Å²) in [6.45, 7) is 0.510. The van der Waals surface area contributed by atoms with Gasteiger partial charge >= 0.3 is 0 Å². The van der Waals surface area contributed by atoms with Crippen molar-refractivity contribution in [1.29, 1.82) is 0 Å². The molecule has 1 aliphatic carbocycles. The zero-order chi connectivity index (χ0) is 15.2. The zero-order valence-corrected chi connectivity index (χ0v) is 12.3. The number of methoxy groups -OCH3 is 1. The second kappa shape index (κ2) is 7.26. The number of nitro benzene ring substituents is 1. The molecule has 2 rings (SSSR count). The van der Waals surface area contributed by atoms with Crippen LogP contribution in [-0.2, 0) is 0 Å². The molecule has 0 spiro atoms. The molecule has 0 amide bonds. The summed E-state index contributed by atoms with van der Waals surface area (Å²) in [7, 11) is 1.50. The van der Waals surface area contributed by atoms with Crippen LogP contribution in [0.25, 0.3) is 0 Å². The Bertz CT molecular complexity index is 487. The molecule has 0 aliphatic heterocycles. The lowest BCUT2D eigenvalue weighted by Gasteiger charge is -2.35. The second-order valence-corrected chi connectivity index (χ2v) is 5.36. The van der Waals surface area contributed by atoms with Crippen molar-refractivity contribution in [3.05, 3.63) is 28.3 Å². The van der Waals surface area contributed by atoms with Gasteiger partial charge in [-0.25, -0.2) is 0 Å². The van der Waals surface area contributed by atoms with Crippen LogP contribution in [0.5, 0.6) is 5.75 Å². The molecule has 0 saturated heterocycles. The van der Waals surface area contributed by atoms with E-state index in [1.807, 2.05) is 0 Å². The summed E-state index contributed by atoms with van der Waals surface area (Å²) >= 11 is 0. The maximum atomic E-state index is 11.1. The molecule has 1 N–H and O–H groups in total. The minimum atomic E-state index is -0.413. The number of nitrogens with zero attached hydrogens (tertiary/aromatic N) is 2. The van der Waals surface area contributed by atoms with E-state index in [9.17, 15) is 15.2 Å². The molecule has 6 nitrogen and oxygen atoms in total. The van der Waals surface area contributed by atoms with Gasteiger partial charge in [-0.1, -0.05) is 19.3 Å². The first kappa shape index (κ1) is 15.6. The Hall–Kier alpha value is -1.82. The molecule has 0 atom stereocenters. The van der Waals surface area contributed by atoms with E-state index in [0.29, 0.717) is 18.3 Å². The van der Waals surface area contributed by atoms with Crippen LogP contribution in [-0.4, -0.2) is 36.3 Å². The number of hydrogen-bond donors (Lipinski definition) is 1. The van der Waals surface area contributed by atoms with Crippen LogP contribution in [0.4, 0.5) is 11.4 Å². The topological polar surface area (TPSA) is 75.8 Å². The van der Waals surface area contributed by atoms with Crippen LogP contribution in [0.15, 0.2) is 18.2 Å². The standard InChI is InChI=1S/C15H22N2O4/c1-21-15-10-13(9-14(11-15)17(19)20)16(7-8-18)12-5-3-2-4-6-12/h9-12,18H,2-8H2,1H3. The van der Waals surface area contributed by atoms with Crippen LogP contribution in [0, 0.1) is 10.1 Å². The third-order valence-electron chi connectivity index (χ3n) is 4.01. The van der Waals surface area contributed by atoms with Crippen molar-refractivity contribution in [2.75, 3.05) is 25.2 Å². The molecule has 0 radical (unpaired) electrons. The molecule has 0 bridgehead atoms. The number of anilines is 1.